The molecule has 0 unspecified atom stereocenters. The minimum Gasteiger partial charge on any atom is -0.361 e. The van der Waals surface area contributed by atoms with E-state index >= 15 is 0 Å². The second-order valence-electron chi connectivity index (χ2n) is 6.28. The Morgan fingerprint density at radius 2 is 1.85 bits per heavy atom. The quantitative estimate of drug-likeness (QED) is 0.730. The van der Waals surface area contributed by atoms with Crippen molar-refractivity contribution in [1.29, 1.82) is 0 Å². The third-order valence-electron chi connectivity index (χ3n) is 4.26. The van der Waals surface area contributed by atoms with Crippen LogP contribution in [0.5, 0.6) is 0 Å². The molecule has 0 fully saturated rings. The summed E-state index contributed by atoms with van der Waals surface area (Å²) in [5.41, 5.74) is 7.38. The van der Waals surface area contributed by atoms with Crippen molar-refractivity contribution in [2.75, 3.05) is 20.1 Å². The van der Waals surface area contributed by atoms with Gasteiger partial charge in [-0.25, -0.2) is 14.8 Å². The Morgan fingerprint density at radius 1 is 1.15 bits per heavy atom. The molecule has 0 spiro atoms. The molecule has 0 saturated carbocycles. The summed E-state index contributed by atoms with van der Waals surface area (Å²) in [4.78, 5) is 24.1. The number of nitrogens with two attached hydrogens (primary N) is 1. The number of hydrogen-bond acceptors (Lipinski definition) is 4. The van der Waals surface area contributed by atoms with Gasteiger partial charge >= 0.3 is 6.03 Å². The van der Waals surface area contributed by atoms with E-state index in [1.807, 2.05) is 18.0 Å². The molecule has 0 bridgehead atoms. The number of amidine groups is 1. The summed E-state index contributed by atoms with van der Waals surface area (Å²) >= 11 is 18.0. The number of urea groups is 1. The van der Waals surface area contributed by atoms with Crippen LogP contribution in [0.3, 0.4) is 0 Å². The third-order valence-corrected chi connectivity index (χ3v) is 4.91. The molecule has 1 aromatic heterocycles. The van der Waals surface area contributed by atoms with Gasteiger partial charge in [-0.1, -0.05) is 40.9 Å². The van der Waals surface area contributed by atoms with Crippen LogP contribution in [0.15, 0.2) is 35.3 Å². The summed E-state index contributed by atoms with van der Waals surface area (Å²) in [5, 5.41) is 1.45. The van der Waals surface area contributed by atoms with Gasteiger partial charge in [0.25, 0.3) is 0 Å². The number of aliphatic imine (C=N–C) groups is 1. The largest absolute Gasteiger partial charge is 0.361 e. The van der Waals surface area contributed by atoms with Crippen molar-refractivity contribution in [3.8, 4) is 0 Å². The smallest absolute Gasteiger partial charge is 0.315 e. The number of amides is 2. The molecule has 2 heterocycles. The maximum absolute atomic E-state index is 11.8. The highest BCUT2D eigenvalue weighted by molar-refractivity contribution is 6.34. The molecule has 2 N–H and O–H groups in total. The van der Waals surface area contributed by atoms with Crippen LogP contribution in [0.25, 0.3) is 0 Å². The third kappa shape index (κ3) is 5.03. The highest BCUT2D eigenvalue weighted by Gasteiger charge is 2.20. The SMILES string of the molecule is CN(CCN(Cc1cc(Cl)cc(Cl)c1)C(N)=O)C1=Nc2nc(Cl)ccc2C1. The summed E-state index contributed by atoms with van der Waals surface area (Å²) in [6, 6.07) is 8.34. The molecule has 0 aliphatic carbocycles. The fourth-order valence-corrected chi connectivity index (χ4v) is 3.55. The Bertz CT molecular complexity index is 882. The van der Waals surface area contributed by atoms with Crippen molar-refractivity contribution >= 4 is 52.5 Å². The zero-order valence-electron chi connectivity index (χ0n) is 14.6. The van der Waals surface area contributed by atoms with Crippen molar-refractivity contribution in [3.63, 3.8) is 0 Å². The van der Waals surface area contributed by atoms with Gasteiger partial charge < -0.3 is 15.5 Å². The van der Waals surface area contributed by atoms with Gasteiger partial charge in [-0.3, -0.25) is 0 Å². The van der Waals surface area contributed by atoms with Crippen LogP contribution in [0, 0.1) is 0 Å². The van der Waals surface area contributed by atoms with Crippen LogP contribution in [0.2, 0.25) is 15.2 Å². The number of halogens is 3. The fraction of sp³-hybridized carbons (Fsp3) is 0.278. The second-order valence-corrected chi connectivity index (χ2v) is 7.54. The zero-order valence-corrected chi connectivity index (χ0v) is 16.9. The van der Waals surface area contributed by atoms with Gasteiger partial charge in [0, 0.05) is 48.7 Å². The van der Waals surface area contributed by atoms with E-state index in [0.717, 1.165) is 17.0 Å². The molecular formula is C18H18Cl3N5O. The minimum atomic E-state index is -0.510. The van der Waals surface area contributed by atoms with E-state index < -0.39 is 6.03 Å². The Labute approximate surface area is 172 Å². The molecule has 142 valence electrons. The molecule has 2 aromatic rings. The topological polar surface area (TPSA) is 74.8 Å². The Balaban J connectivity index is 1.63. The van der Waals surface area contributed by atoms with Gasteiger partial charge in [0.15, 0.2) is 5.82 Å². The number of pyridine rings is 1. The van der Waals surface area contributed by atoms with Crippen LogP contribution in [0.4, 0.5) is 10.6 Å². The second kappa shape index (κ2) is 8.33. The summed E-state index contributed by atoms with van der Waals surface area (Å²) in [6.45, 7) is 1.32. The lowest BCUT2D eigenvalue weighted by Crippen LogP contribution is -2.41. The van der Waals surface area contributed by atoms with E-state index in [1.165, 1.54) is 4.90 Å². The normalized spacial score (nSPS) is 12.5. The first-order valence-corrected chi connectivity index (χ1v) is 9.38. The van der Waals surface area contributed by atoms with Crippen LogP contribution >= 0.6 is 34.8 Å². The average molecular weight is 427 g/mol. The van der Waals surface area contributed by atoms with E-state index in [4.69, 9.17) is 40.5 Å². The number of hydrogen-bond donors (Lipinski definition) is 1. The maximum atomic E-state index is 11.8. The number of nitrogens with zero attached hydrogens (tertiary/aromatic N) is 4. The molecule has 6 nitrogen and oxygen atoms in total. The molecule has 1 aliphatic rings. The molecule has 0 atom stereocenters. The number of primary amides is 1. The molecule has 1 aromatic carbocycles. The molecular weight excluding hydrogens is 409 g/mol. The van der Waals surface area contributed by atoms with Crippen molar-refractivity contribution in [2.24, 2.45) is 10.7 Å². The van der Waals surface area contributed by atoms with Gasteiger partial charge in [-0.15, -0.1) is 0 Å². The van der Waals surface area contributed by atoms with E-state index in [2.05, 4.69) is 9.98 Å². The number of benzene rings is 1. The predicted octanol–water partition coefficient (Wildman–Crippen LogP) is 4.14. The van der Waals surface area contributed by atoms with Crippen molar-refractivity contribution < 1.29 is 4.79 Å². The van der Waals surface area contributed by atoms with E-state index in [1.54, 1.807) is 24.3 Å². The number of carbonyl (C=O) groups is 1. The van der Waals surface area contributed by atoms with Crippen molar-refractivity contribution in [3.05, 3.63) is 56.7 Å². The Morgan fingerprint density at radius 3 is 2.52 bits per heavy atom. The molecule has 3 rings (SSSR count). The van der Waals surface area contributed by atoms with Gasteiger partial charge in [0.05, 0.1) is 0 Å². The average Bonchev–Trinajstić information content (AvgIpc) is 3.00. The molecule has 0 saturated heterocycles. The van der Waals surface area contributed by atoms with Crippen LogP contribution in [-0.2, 0) is 13.0 Å². The fourth-order valence-electron chi connectivity index (χ4n) is 2.83. The van der Waals surface area contributed by atoms with E-state index in [-0.39, 0.29) is 0 Å². The van der Waals surface area contributed by atoms with Crippen molar-refractivity contribution in [1.82, 2.24) is 14.8 Å². The van der Waals surface area contributed by atoms with Gasteiger partial charge in [0.2, 0.25) is 0 Å². The Kier molecular flexibility index (Phi) is 6.09. The first-order valence-electron chi connectivity index (χ1n) is 8.25. The number of fused-ring (bicyclic) bond motifs is 1. The first kappa shape index (κ1) is 19.7. The van der Waals surface area contributed by atoms with Gasteiger partial charge in [0.1, 0.15) is 11.0 Å². The Hall–Kier alpha value is -2.02. The zero-order chi connectivity index (χ0) is 19.6. The lowest BCUT2D eigenvalue weighted by Gasteiger charge is -2.25. The number of rotatable bonds is 5. The molecule has 27 heavy (non-hydrogen) atoms. The van der Waals surface area contributed by atoms with Gasteiger partial charge in [-0.2, -0.15) is 0 Å². The summed E-state index contributed by atoms with van der Waals surface area (Å²) in [5.74, 6) is 1.51. The summed E-state index contributed by atoms with van der Waals surface area (Å²) in [7, 11) is 1.92. The standard InChI is InChI=1S/C18H18Cl3N5O/c1-25(16-8-12-2-3-15(21)23-17(12)24-16)4-5-26(18(22)27)10-11-6-13(19)9-14(20)7-11/h2-3,6-7,9H,4-5,8,10H2,1H3,(H2,22,27). The van der Waals surface area contributed by atoms with Crippen LogP contribution < -0.4 is 5.73 Å². The van der Waals surface area contributed by atoms with Crippen LogP contribution in [0.1, 0.15) is 11.1 Å². The first-order chi connectivity index (χ1) is 12.8. The minimum absolute atomic E-state index is 0.327. The van der Waals surface area contributed by atoms with Crippen molar-refractivity contribution in [2.45, 2.75) is 13.0 Å². The number of likely N-dealkylation sites (N-methyl/N-ethyl adjacent to an activating group) is 1. The highest BCUT2D eigenvalue weighted by Crippen LogP contribution is 2.26. The monoisotopic (exact) mass is 425 g/mol. The lowest BCUT2D eigenvalue weighted by molar-refractivity contribution is 0.201. The lowest BCUT2D eigenvalue weighted by atomic mass is 10.2. The van der Waals surface area contributed by atoms with Crippen LogP contribution in [-0.4, -0.2) is 46.8 Å². The van der Waals surface area contributed by atoms with E-state index in [9.17, 15) is 4.79 Å². The molecule has 0 radical (unpaired) electrons. The highest BCUT2D eigenvalue weighted by atomic mass is 35.5. The molecule has 2 amide bonds. The number of carbonyl (C=O) groups excluding carboxylic acids is 1. The van der Waals surface area contributed by atoms with Gasteiger partial charge in [-0.05, 0) is 29.8 Å². The summed E-state index contributed by atoms with van der Waals surface area (Å²) in [6.07, 6.45) is 0.677. The van der Waals surface area contributed by atoms with E-state index in [0.29, 0.717) is 47.1 Å². The molecule has 1 aliphatic heterocycles. The number of aromatic nitrogens is 1. The summed E-state index contributed by atoms with van der Waals surface area (Å²) < 4.78 is 0. The maximum Gasteiger partial charge on any atom is 0.315 e. The molecule has 9 heteroatoms. The predicted molar refractivity (Wildman–Crippen MR) is 109 cm³/mol.